The van der Waals surface area contributed by atoms with Crippen molar-refractivity contribution in [1.82, 2.24) is 4.58 Å². The topological polar surface area (TPSA) is 15.5 Å². The van der Waals surface area contributed by atoms with Crippen LogP contribution in [0.15, 0.2) is 72.8 Å². The predicted octanol–water partition coefficient (Wildman–Crippen LogP) is 8.44. The third-order valence-corrected chi connectivity index (χ3v) is 12.5. The number of hydrogen-bond acceptors (Lipinski definition) is 4. The van der Waals surface area contributed by atoms with Gasteiger partial charge in [0, 0.05) is 79.8 Å². The molecule has 0 amide bonds. The monoisotopic (exact) mass is 583 g/mol. The Bertz CT molecular complexity index is 2320. The number of benzene rings is 4. The summed E-state index contributed by atoms with van der Waals surface area (Å²) in [5, 5.41) is 5.08. The van der Waals surface area contributed by atoms with Gasteiger partial charge in [0.2, 0.25) is 5.36 Å². The molecular formula is C37H31N2OS2+. The first-order valence-corrected chi connectivity index (χ1v) is 16.2. The summed E-state index contributed by atoms with van der Waals surface area (Å²) < 4.78 is 11.9. The fraction of sp³-hybridized carbons (Fsp3) is 0.216. The van der Waals surface area contributed by atoms with Crippen molar-refractivity contribution in [3.63, 3.8) is 0 Å². The molecule has 4 aromatic carbocycles. The van der Waals surface area contributed by atoms with Gasteiger partial charge in [-0.25, -0.2) is 4.58 Å². The number of nitrogens with zero attached hydrogens (tertiary/aromatic N) is 2. The Kier molecular flexibility index (Phi) is 4.64. The lowest BCUT2D eigenvalue weighted by Crippen LogP contribution is -2.46. The molecule has 0 bridgehead atoms. The summed E-state index contributed by atoms with van der Waals surface area (Å²) in [4.78, 5) is 5.18. The maximum atomic E-state index is 6.76. The second kappa shape index (κ2) is 7.91. The van der Waals surface area contributed by atoms with Crippen LogP contribution in [0.2, 0.25) is 0 Å². The lowest BCUT2D eigenvalue weighted by molar-refractivity contribution is 0.371. The number of anilines is 1. The van der Waals surface area contributed by atoms with E-state index in [1.54, 1.807) is 0 Å². The Morgan fingerprint density at radius 3 is 2.10 bits per heavy atom. The number of hydrogen-bond donors (Lipinski definition) is 0. The van der Waals surface area contributed by atoms with Crippen LogP contribution in [0.3, 0.4) is 0 Å². The predicted molar refractivity (Wildman–Crippen MR) is 179 cm³/mol. The third kappa shape index (κ3) is 2.98. The van der Waals surface area contributed by atoms with Gasteiger partial charge in [0.05, 0.1) is 22.0 Å². The van der Waals surface area contributed by atoms with Crippen molar-refractivity contribution in [1.29, 1.82) is 0 Å². The van der Waals surface area contributed by atoms with Crippen LogP contribution < -0.4 is 24.8 Å². The molecule has 0 N–H and O–H groups in total. The molecule has 0 saturated carbocycles. The standard InChI is InChI=1S/C37H31N2OS2/c1-36(2)32-22-11-7-9-13-30(22)41-34(32)24-16-20-15-21-17-25-27(19-29(21)40-28(20)18-26(24)38(36)5)39(6)37(3,4)33-23-12-8-10-14-31(23)42-35(25)33/h7-19H,1-6H3/q+1. The van der Waals surface area contributed by atoms with Crippen LogP contribution in [-0.2, 0) is 11.1 Å². The normalized spacial score (nSPS) is 17.0. The van der Waals surface area contributed by atoms with Crippen molar-refractivity contribution in [2.75, 3.05) is 19.0 Å². The van der Waals surface area contributed by atoms with Crippen molar-refractivity contribution < 1.29 is 4.74 Å². The number of thiophene rings is 2. The summed E-state index contributed by atoms with van der Waals surface area (Å²) in [6.07, 6.45) is 2.33. The molecule has 3 aliphatic rings. The second-order valence-corrected chi connectivity index (χ2v) is 15.0. The Morgan fingerprint density at radius 1 is 0.738 bits per heavy atom. The Hall–Kier alpha value is -3.93. The minimum Gasteiger partial charge on any atom is -0.456 e. The lowest BCUT2D eigenvalue weighted by Gasteiger charge is -2.43. The first kappa shape index (κ1) is 24.6. The van der Waals surface area contributed by atoms with Gasteiger partial charge in [-0.2, -0.15) is 0 Å². The molecule has 5 heterocycles. The maximum absolute atomic E-state index is 6.76. The molecule has 9 rings (SSSR count). The number of rotatable bonds is 0. The van der Waals surface area contributed by atoms with Crippen molar-refractivity contribution in [2.24, 2.45) is 0 Å². The van der Waals surface area contributed by atoms with E-state index in [1.807, 2.05) is 22.7 Å². The quantitative estimate of drug-likeness (QED) is 0.167. The molecule has 0 atom stereocenters. The Balaban J connectivity index is 1.29. The van der Waals surface area contributed by atoms with Crippen molar-refractivity contribution in [3.05, 3.63) is 100 Å². The minimum atomic E-state index is -0.137. The van der Waals surface area contributed by atoms with Gasteiger partial charge in [0.25, 0.3) is 0 Å². The molecule has 0 aliphatic carbocycles. The van der Waals surface area contributed by atoms with Gasteiger partial charge in [0.1, 0.15) is 18.5 Å². The molecule has 0 spiro atoms. The minimum absolute atomic E-state index is 0.137. The van der Waals surface area contributed by atoms with E-state index < -0.39 is 0 Å². The van der Waals surface area contributed by atoms with Gasteiger partial charge in [0.15, 0.2) is 5.54 Å². The summed E-state index contributed by atoms with van der Waals surface area (Å²) in [5.41, 5.74) is 7.52. The van der Waals surface area contributed by atoms with Crippen LogP contribution in [0.5, 0.6) is 11.5 Å². The molecular weight excluding hydrogens is 553 g/mol. The van der Waals surface area contributed by atoms with E-state index in [0.29, 0.717) is 0 Å². The fourth-order valence-corrected chi connectivity index (χ4v) is 10.2. The number of ether oxygens (including phenoxy) is 1. The largest absolute Gasteiger partial charge is 0.456 e. The number of fused-ring (bicyclic) bond motifs is 12. The highest BCUT2D eigenvalue weighted by Crippen LogP contribution is 2.55. The van der Waals surface area contributed by atoms with Crippen molar-refractivity contribution >= 4 is 54.6 Å². The van der Waals surface area contributed by atoms with Gasteiger partial charge >= 0.3 is 0 Å². The molecule has 5 heteroatoms. The zero-order valence-corrected chi connectivity index (χ0v) is 26.3. The highest BCUT2D eigenvalue weighted by molar-refractivity contribution is 7.23. The molecule has 2 aromatic heterocycles. The molecule has 3 nitrogen and oxygen atoms in total. The van der Waals surface area contributed by atoms with Crippen LogP contribution in [0.4, 0.5) is 5.69 Å². The first-order chi connectivity index (χ1) is 20.1. The highest BCUT2D eigenvalue weighted by atomic mass is 32.1. The van der Waals surface area contributed by atoms with Crippen LogP contribution >= 0.6 is 22.7 Å². The van der Waals surface area contributed by atoms with E-state index in [9.17, 15) is 0 Å². The SMILES string of the molecule is CN1c2cc3c(cc2-c2sc4ccccc4c2C1(C)C)C=c1cc2c(cc1O3)=[N+](C)C(C)(C)c1c-2sc2ccccc12. The summed E-state index contributed by atoms with van der Waals surface area (Å²) in [7, 11) is 4.44. The summed E-state index contributed by atoms with van der Waals surface area (Å²) in [6.45, 7) is 9.34. The fourth-order valence-electron chi connectivity index (χ4n) is 7.40. The van der Waals surface area contributed by atoms with Gasteiger partial charge < -0.3 is 9.64 Å². The Morgan fingerprint density at radius 2 is 1.38 bits per heavy atom. The van der Waals surface area contributed by atoms with E-state index in [-0.39, 0.29) is 11.1 Å². The molecule has 42 heavy (non-hydrogen) atoms. The van der Waals surface area contributed by atoms with Gasteiger partial charge in [-0.1, -0.05) is 36.4 Å². The Labute approximate surface area is 253 Å². The van der Waals surface area contributed by atoms with Gasteiger partial charge in [-0.05, 0) is 49.6 Å². The van der Waals surface area contributed by atoms with Gasteiger partial charge in [-0.15, -0.1) is 22.7 Å². The van der Waals surface area contributed by atoms with E-state index in [2.05, 4.69) is 130 Å². The van der Waals surface area contributed by atoms with Crippen LogP contribution in [0.1, 0.15) is 44.4 Å². The maximum Gasteiger partial charge on any atom is 0.212 e. The van der Waals surface area contributed by atoms with Crippen LogP contribution in [-0.4, -0.2) is 14.1 Å². The van der Waals surface area contributed by atoms with Crippen molar-refractivity contribution in [2.45, 2.75) is 38.8 Å². The smallest absolute Gasteiger partial charge is 0.212 e. The lowest BCUT2D eigenvalue weighted by atomic mass is 9.83. The zero-order chi connectivity index (χ0) is 28.7. The molecule has 6 aromatic rings. The average molecular weight is 584 g/mol. The molecule has 3 aliphatic heterocycles. The second-order valence-electron chi connectivity index (χ2n) is 12.9. The third-order valence-electron chi connectivity index (χ3n) is 10.1. The average Bonchev–Trinajstić information content (AvgIpc) is 3.57. The summed E-state index contributed by atoms with van der Waals surface area (Å²) in [6, 6.07) is 26.9. The molecule has 206 valence electrons. The highest BCUT2D eigenvalue weighted by Gasteiger charge is 2.42. The van der Waals surface area contributed by atoms with E-state index >= 15 is 0 Å². The van der Waals surface area contributed by atoms with E-state index in [1.165, 1.54) is 63.2 Å². The van der Waals surface area contributed by atoms with Gasteiger partial charge in [-0.3, -0.25) is 0 Å². The zero-order valence-electron chi connectivity index (χ0n) is 24.6. The summed E-state index contributed by atoms with van der Waals surface area (Å²) >= 11 is 3.82. The molecule has 0 radical (unpaired) electrons. The van der Waals surface area contributed by atoms with E-state index in [0.717, 1.165) is 22.3 Å². The summed E-state index contributed by atoms with van der Waals surface area (Å²) in [5.74, 6) is 1.85. The van der Waals surface area contributed by atoms with Crippen LogP contribution in [0, 0.1) is 0 Å². The first-order valence-electron chi connectivity index (χ1n) is 14.6. The molecule has 0 unspecified atom stereocenters. The van der Waals surface area contributed by atoms with Crippen molar-refractivity contribution in [3.8, 4) is 32.4 Å². The van der Waals surface area contributed by atoms with E-state index in [4.69, 9.17) is 4.74 Å². The van der Waals surface area contributed by atoms with Crippen LogP contribution in [0.25, 0.3) is 47.1 Å². The molecule has 0 saturated heterocycles. The molecule has 0 fully saturated rings.